The van der Waals surface area contributed by atoms with E-state index in [1.807, 2.05) is 6.07 Å². The Morgan fingerprint density at radius 2 is 2.40 bits per heavy atom. The van der Waals surface area contributed by atoms with E-state index >= 15 is 0 Å². The van der Waals surface area contributed by atoms with Gasteiger partial charge in [0.2, 0.25) is 0 Å². The summed E-state index contributed by atoms with van der Waals surface area (Å²) >= 11 is 7.59. The number of hydrazine groups is 1. The van der Waals surface area contributed by atoms with Crippen LogP contribution in [0.4, 0.5) is 0 Å². The van der Waals surface area contributed by atoms with Gasteiger partial charge in [-0.05, 0) is 41.6 Å². The highest BCUT2D eigenvalue weighted by Crippen LogP contribution is 2.30. The zero-order valence-corrected chi connectivity index (χ0v) is 9.73. The van der Waals surface area contributed by atoms with Crippen molar-refractivity contribution in [3.63, 3.8) is 0 Å². The lowest BCUT2D eigenvalue weighted by atomic mass is 10.1. The third-order valence-electron chi connectivity index (χ3n) is 2.21. The van der Waals surface area contributed by atoms with E-state index in [0.29, 0.717) is 5.22 Å². The molecule has 2 rings (SSSR count). The largest absolute Gasteiger partial charge is 0.453 e. The van der Waals surface area contributed by atoms with Crippen LogP contribution in [0.1, 0.15) is 22.0 Å². The van der Waals surface area contributed by atoms with Crippen molar-refractivity contribution in [1.82, 2.24) is 5.43 Å². The first kappa shape index (κ1) is 10.7. The number of nitrogens with one attached hydrogen (secondary N) is 1. The molecule has 0 aliphatic heterocycles. The summed E-state index contributed by atoms with van der Waals surface area (Å²) in [6, 6.07) is 3.79. The van der Waals surface area contributed by atoms with Crippen LogP contribution in [0.5, 0.6) is 0 Å². The molecule has 0 amide bonds. The molecule has 0 bridgehead atoms. The Hall–Kier alpha value is -0.810. The number of furan rings is 1. The third kappa shape index (κ3) is 2.08. The van der Waals surface area contributed by atoms with Crippen molar-refractivity contribution in [3.05, 3.63) is 45.0 Å². The molecule has 0 aromatic carbocycles. The van der Waals surface area contributed by atoms with Crippen LogP contribution in [0, 0.1) is 6.92 Å². The first-order valence-electron chi connectivity index (χ1n) is 4.46. The molecule has 2 aromatic heterocycles. The molecule has 0 spiro atoms. The fraction of sp³-hybridized carbons (Fsp3) is 0.200. The average molecular weight is 243 g/mol. The predicted octanol–water partition coefficient (Wildman–Crippen LogP) is 2.86. The molecule has 1 unspecified atom stereocenters. The summed E-state index contributed by atoms with van der Waals surface area (Å²) in [5, 5.41) is 2.44. The van der Waals surface area contributed by atoms with E-state index in [4.69, 9.17) is 21.9 Å². The van der Waals surface area contributed by atoms with Crippen LogP contribution in [0.3, 0.4) is 0 Å². The number of halogens is 1. The highest BCUT2D eigenvalue weighted by atomic mass is 35.5. The van der Waals surface area contributed by atoms with Gasteiger partial charge in [0.15, 0.2) is 5.22 Å². The SMILES string of the molecule is Cc1cc(C(NN)c2ccoc2Cl)cs1. The molecule has 0 saturated carbocycles. The Balaban J connectivity index is 2.36. The number of rotatable bonds is 3. The molecule has 15 heavy (non-hydrogen) atoms. The van der Waals surface area contributed by atoms with E-state index in [9.17, 15) is 0 Å². The number of hydrogen-bond donors (Lipinski definition) is 2. The van der Waals surface area contributed by atoms with Crippen LogP contribution in [0.2, 0.25) is 5.22 Å². The van der Waals surface area contributed by atoms with Crippen molar-refractivity contribution in [3.8, 4) is 0 Å². The molecule has 0 saturated heterocycles. The lowest BCUT2D eigenvalue weighted by Crippen LogP contribution is -2.28. The zero-order chi connectivity index (χ0) is 10.8. The Morgan fingerprint density at radius 1 is 1.60 bits per heavy atom. The topological polar surface area (TPSA) is 51.2 Å². The van der Waals surface area contributed by atoms with Crippen molar-refractivity contribution in [2.24, 2.45) is 5.84 Å². The van der Waals surface area contributed by atoms with Gasteiger partial charge in [0.05, 0.1) is 12.3 Å². The Labute approximate surface area is 96.8 Å². The van der Waals surface area contributed by atoms with Gasteiger partial charge in [-0.1, -0.05) is 0 Å². The normalized spacial score (nSPS) is 13.0. The molecule has 1 atom stereocenters. The zero-order valence-electron chi connectivity index (χ0n) is 8.16. The molecule has 3 nitrogen and oxygen atoms in total. The number of hydrogen-bond acceptors (Lipinski definition) is 4. The second-order valence-electron chi connectivity index (χ2n) is 3.24. The van der Waals surface area contributed by atoms with E-state index < -0.39 is 0 Å². The summed E-state index contributed by atoms with van der Waals surface area (Å²) in [4.78, 5) is 1.24. The molecule has 0 aliphatic rings. The van der Waals surface area contributed by atoms with Gasteiger partial charge in [0.1, 0.15) is 0 Å². The molecule has 0 radical (unpaired) electrons. The number of nitrogens with two attached hydrogens (primary N) is 1. The molecule has 0 aliphatic carbocycles. The standard InChI is InChI=1S/C10H11ClN2OS/c1-6-4-7(5-15-6)9(13-12)8-2-3-14-10(8)11/h2-5,9,13H,12H2,1H3. The van der Waals surface area contributed by atoms with Gasteiger partial charge in [-0.2, -0.15) is 0 Å². The molecule has 2 aromatic rings. The lowest BCUT2D eigenvalue weighted by molar-refractivity contribution is 0.555. The fourth-order valence-electron chi connectivity index (χ4n) is 1.49. The van der Waals surface area contributed by atoms with Gasteiger partial charge in [-0.3, -0.25) is 5.84 Å². The van der Waals surface area contributed by atoms with Crippen molar-refractivity contribution in [1.29, 1.82) is 0 Å². The van der Waals surface area contributed by atoms with Crippen LogP contribution in [0.25, 0.3) is 0 Å². The van der Waals surface area contributed by atoms with Crippen molar-refractivity contribution in [2.75, 3.05) is 0 Å². The minimum atomic E-state index is -0.110. The fourth-order valence-corrected chi connectivity index (χ4v) is 2.44. The van der Waals surface area contributed by atoms with E-state index in [1.165, 1.54) is 4.88 Å². The summed E-state index contributed by atoms with van der Waals surface area (Å²) in [7, 11) is 0. The molecule has 5 heteroatoms. The van der Waals surface area contributed by atoms with Crippen LogP contribution < -0.4 is 11.3 Å². The first-order chi connectivity index (χ1) is 7.22. The van der Waals surface area contributed by atoms with E-state index in [2.05, 4.69) is 23.8 Å². The number of thiophene rings is 1. The van der Waals surface area contributed by atoms with Gasteiger partial charge in [-0.15, -0.1) is 11.3 Å². The molecule has 3 N–H and O–H groups in total. The van der Waals surface area contributed by atoms with E-state index in [1.54, 1.807) is 17.6 Å². The van der Waals surface area contributed by atoms with Crippen LogP contribution >= 0.6 is 22.9 Å². The molecular weight excluding hydrogens is 232 g/mol. The number of aryl methyl sites for hydroxylation is 1. The van der Waals surface area contributed by atoms with E-state index in [-0.39, 0.29) is 6.04 Å². The molecular formula is C10H11ClN2OS. The Bertz CT molecular complexity index is 452. The quantitative estimate of drug-likeness (QED) is 0.643. The van der Waals surface area contributed by atoms with Crippen LogP contribution in [-0.2, 0) is 0 Å². The second kappa shape index (κ2) is 4.37. The van der Waals surface area contributed by atoms with Gasteiger partial charge < -0.3 is 4.42 Å². The van der Waals surface area contributed by atoms with Gasteiger partial charge in [0, 0.05) is 10.4 Å². The predicted molar refractivity (Wildman–Crippen MR) is 61.9 cm³/mol. The van der Waals surface area contributed by atoms with Crippen molar-refractivity contribution < 1.29 is 4.42 Å². The van der Waals surface area contributed by atoms with Crippen LogP contribution in [0.15, 0.2) is 28.2 Å². The summed E-state index contributed by atoms with van der Waals surface area (Å²) in [5.74, 6) is 5.53. The maximum Gasteiger partial charge on any atom is 0.198 e. The van der Waals surface area contributed by atoms with Gasteiger partial charge >= 0.3 is 0 Å². The third-order valence-corrected chi connectivity index (χ3v) is 3.39. The highest BCUT2D eigenvalue weighted by molar-refractivity contribution is 7.10. The van der Waals surface area contributed by atoms with Crippen molar-refractivity contribution >= 4 is 22.9 Å². The van der Waals surface area contributed by atoms with Crippen molar-refractivity contribution in [2.45, 2.75) is 13.0 Å². The minimum Gasteiger partial charge on any atom is -0.453 e. The Kier molecular flexibility index (Phi) is 3.11. The second-order valence-corrected chi connectivity index (χ2v) is 4.70. The van der Waals surface area contributed by atoms with Gasteiger partial charge in [0.25, 0.3) is 0 Å². The summed E-state index contributed by atoms with van der Waals surface area (Å²) < 4.78 is 5.05. The van der Waals surface area contributed by atoms with Crippen LogP contribution in [-0.4, -0.2) is 0 Å². The maximum absolute atomic E-state index is 5.91. The first-order valence-corrected chi connectivity index (χ1v) is 5.72. The molecule has 0 fully saturated rings. The monoisotopic (exact) mass is 242 g/mol. The minimum absolute atomic E-state index is 0.110. The lowest BCUT2D eigenvalue weighted by Gasteiger charge is -2.12. The average Bonchev–Trinajstić information content (AvgIpc) is 2.79. The summed E-state index contributed by atoms with van der Waals surface area (Å²) in [5.41, 5.74) is 4.70. The summed E-state index contributed by atoms with van der Waals surface area (Å²) in [6.07, 6.45) is 1.56. The smallest absolute Gasteiger partial charge is 0.198 e. The van der Waals surface area contributed by atoms with Gasteiger partial charge in [-0.25, -0.2) is 5.43 Å². The summed E-state index contributed by atoms with van der Waals surface area (Å²) in [6.45, 7) is 2.05. The molecule has 80 valence electrons. The maximum atomic E-state index is 5.91. The van der Waals surface area contributed by atoms with E-state index in [0.717, 1.165) is 11.1 Å². The Morgan fingerprint density at radius 3 is 2.87 bits per heavy atom. The molecule has 2 heterocycles. The highest BCUT2D eigenvalue weighted by Gasteiger charge is 2.18.